The summed E-state index contributed by atoms with van der Waals surface area (Å²) in [6.07, 6.45) is 0. The first-order valence-electron chi connectivity index (χ1n) is 3.93. The van der Waals surface area contributed by atoms with Crippen molar-refractivity contribution in [1.29, 1.82) is 0 Å². The molecule has 0 aliphatic carbocycles. The average Bonchev–Trinajstić information content (AvgIpc) is 2.15. The first-order chi connectivity index (χ1) is 6.53. The highest BCUT2D eigenvalue weighted by molar-refractivity contribution is 7.93. The van der Waals surface area contributed by atoms with Gasteiger partial charge in [0.2, 0.25) is 9.84 Å². The Balaban J connectivity index is 2.72. The van der Waals surface area contributed by atoms with Gasteiger partial charge in [-0.05, 0) is 12.1 Å². The summed E-state index contributed by atoms with van der Waals surface area (Å²) in [6.45, 7) is 0. The van der Waals surface area contributed by atoms with Crippen molar-refractivity contribution in [1.82, 2.24) is 0 Å². The van der Waals surface area contributed by atoms with E-state index in [1.165, 1.54) is 12.1 Å². The molecule has 1 aromatic carbocycles. The second-order valence-corrected chi connectivity index (χ2v) is 4.99. The minimum Gasteiger partial charge on any atom is -0.323 e. The fraction of sp³-hybridized carbons (Fsp3) is 0.125. The molecule has 0 saturated carbocycles. The highest BCUT2D eigenvalue weighted by Crippen LogP contribution is 2.27. The molecule has 1 aliphatic heterocycles. The molecule has 74 valence electrons. The molecule has 0 fully saturated rings. The van der Waals surface area contributed by atoms with Gasteiger partial charge in [0.05, 0.1) is 10.6 Å². The van der Waals surface area contributed by atoms with Crippen LogP contribution in [-0.2, 0) is 14.6 Å². The van der Waals surface area contributed by atoms with Gasteiger partial charge in [-0.15, -0.1) is 0 Å². The first kappa shape index (κ1) is 9.17. The number of para-hydroxylation sites is 1. The molecule has 0 spiro atoms. The summed E-state index contributed by atoms with van der Waals surface area (Å²) in [5, 5.41) is 0.920. The molecule has 1 amide bonds. The SMILES string of the molecule is NC1C(=O)Nc2ccccc2S1(=O)=O. The summed E-state index contributed by atoms with van der Waals surface area (Å²) in [6, 6.07) is 6.17. The number of fused-ring (bicyclic) bond motifs is 1. The molecule has 0 saturated heterocycles. The van der Waals surface area contributed by atoms with Crippen LogP contribution in [-0.4, -0.2) is 19.7 Å². The molecule has 6 heteroatoms. The number of anilines is 1. The third-order valence-corrected chi connectivity index (χ3v) is 3.90. The summed E-state index contributed by atoms with van der Waals surface area (Å²) < 4.78 is 23.3. The number of carbonyl (C=O) groups is 1. The lowest BCUT2D eigenvalue weighted by atomic mass is 10.3. The van der Waals surface area contributed by atoms with Crippen LogP contribution in [0.2, 0.25) is 0 Å². The van der Waals surface area contributed by atoms with E-state index in [1.807, 2.05) is 0 Å². The molecule has 14 heavy (non-hydrogen) atoms. The Morgan fingerprint density at radius 2 is 1.93 bits per heavy atom. The minimum atomic E-state index is -3.70. The van der Waals surface area contributed by atoms with Crippen molar-refractivity contribution in [3.05, 3.63) is 24.3 Å². The molecule has 0 bridgehead atoms. The summed E-state index contributed by atoms with van der Waals surface area (Å²) in [5.74, 6) is -0.691. The molecular formula is C8H8N2O3S. The van der Waals surface area contributed by atoms with Gasteiger partial charge in [-0.3, -0.25) is 4.79 Å². The van der Waals surface area contributed by atoms with E-state index in [4.69, 9.17) is 5.73 Å². The van der Waals surface area contributed by atoms with E-state index in [0.717, 1.165) is 0 Å². The Morgan fingerprint density at radius 3 is 2.64 bits per heavy atom. The van der Waals surface area contributed by atoms with Crippen LogP contribution >= 0.6 is 0 Å². The van der Waals surface area contributed by atoms with Crippen LogP contribution < -0.4 is 11.1 Å². The molecule has 1 atom stereocenters. The molecule has 0 aromatic heterocycles. The lowest BCUT2D eigenvalue weighted by Gasteiger charge is -2.21. The summed E-state index contributed by atoms with van der Waals surface area (Å²) >= 11 is 0. The fourth-order valence-corrected chi connectivity index (χ4v) is 2.61. The van der Waals surface area contributed by atoms with Crippen molar-refractivity contribution < 1.29 is 13.2 Å². The number of hydrogen-bond acceptors (Lipinski definition) is 4. The third kappa shape index (κ3) is 1.11. The Hall–Kier alpha value is -1.40. The first-order valence-corrected chi connectivity index (χ1v) is 5.47. The van der Waals surface area contributed by atoms with E-state index in [9.17, 15) is 13.2 Å². The Morgan fingerprint density at radius 1 is 1.29 bits per heavy atom. The molecule has 3 N–H and O–H groups in total. The highest BCUT2D eigenvalue weighted by Gasteiger charge is 2.36. The van der Waals surface area contributed by atoms with E-state index in [1.54, 1.807) is 12.1 Å². The summed E-state index contributed by atoms with van der Waals surface area (Å²) in [5.41, 5.74) is 5.56. The van der Waals surface area contributed by atoms with Gasteiger partial charge in [-0.25, -0.2) is 8.42 Å². The highest BCUT2D eigenvalue weighted by atomic mass is 32.2. The van der Waals surface area contributed by atoms with E-state index in [0.29, 0.717) is 5.69 Å². The Kier molecular flexibility index (Phi) is 1.83. The molecular weight excluding hydrogens is 204 g/mol. The number of nitrogens with one attached hydrogen (secondary N) is 1. The van der Waals surface area contributed by atoms with Gasteiger partial charge in [0.1, 0.15) is 0 Å². The van der Waals surface area contributed by atoms with Crippen LogP contribution in [0, 0.1) is 0 Å². The fourth-order valence-electron chi connectivity index (χ4n) is 1.30. The van der Waals surface area contributed by atoms with Gasteiger partial charge >= 0.3 is 0 Å². The number of rotatable bonds is 0. The Bertz CT molecular complexity index is 495. The van der Waals surface area contributed by atoms with Crippen LogP contribution in [0.1, 0.15) is 0 Å². The molecule has 2 rings (SSSR count). The summed E-state index contributed by atoms with van der Waals surface area (Å²) in [7, 11) is -3.70. The molecule has 1 heterocycles. The van der Waals surface area contributed by atoms with Crippen molar-refractivity contribution in [3.63, 3.8) is 0 Å². The lowest BCUT2D eigenvalue weighted by Crippen LogP contribution is -2.45. The van der Waals surface area contributed by atoms with E-state index in [2.05, 4.69) is 5.32 Å². The van der Waals surface area contributed by atoms with E-state index >= 15 is 0 Å². The van der Waals surface area contributed by atoms with Gasteiger partial charge in [0.15, 0.2) is 5.37 Å². The number of carbonyl (C=O) groups excluding carboxylic acids is 1. The van der Waals surface area contributed by atoms with Crippen molar-refractivity contribution in [2.75, 3.05) is 5.32 Å². The monoisotopic (exact) mass is 212 g/mol. The second-order valence-electron chi connectivity index (χ2n) is 2.95. The number of hydrogen-bond donors (Lipinski definition) is 2. The van der Waals surface area contributed by atoms with Crippen LogP contribution in [0.4, 0.5) is 5.69 Å². The minimum absolute atomic E-state index is 0.0760. The molecule has 1 unspecified atom stereocenters. The second kappa shape index (κ2) is 2.79. The van der Waals surface area contributed by atoms with Gasteiger partial charge in [-0.2, -0.15) is 0 Å². The van der Waals surface area contributed by atoms with Gasteiger partial charge < -0.3 is 11.1 Å². The predicted molar refractivity (Wildman–Crippen MR) is 50.2 cm³/mol. The number of benzene rings is 1. The van der Waals surface area contributed by atoms with Crippen LogP contribution in [0.25, 0.3) is 0 Å². The topological polar surface area (TPSA) is 89.3 Å². The predicted octanol–water partition coefficient (Wildman–Crippen LogP) is -0.303. The van der Waals surface area contributed by atoms with E-state index < -0.39 is 21.1 Å². The molecule has 5 nitrogen and oxygen atoms in total. The molecule has 1 aromatic rings. The normalized spacial score (nSPS) is 23.8. The summed E-state index contributed by atoms with van der Waals surface area (Å²) in [4.78, 5) is 11.2. The van der Waals surface area contributed by atoms with Crippen LogP contribution in [0.15, 0.2) is 29.2 Å². The number of sulfone groups is 1. The number of nitrogens with two attached hydrogens (primary N) is 1. The molecule has 1 aliphatic rings. The average molecular weight is 212 g/mol. The van der Waals surface area contributed by atoms with Crippen molar-refractivity contribution >= 4 is 21.4 Å². The number of amides is 1. The third-order valence-electron chi connectivity index (χ3n) is 2.04. The van der Waals surface area contributed by atoms with Crippen molar-refractivity contribution in [3.8, 4) is 0 Å². The maximum atomic E-state index is 11.6. The zero-order chi connectivity index (χ0) is 10.3. The van der Waals surface area contributed by atoms with Crippen molar-refractivity contribution in [2.24, 2.45) is 5.73 Å². The quantitative estimate of drug-likeness (QED) is 0.617. The molecule has 0 radical (unpaired) electrons. The maximum absolute atomic E-state index is 11.6. The Labute approximate surface area is 80.8 Å². The zero-order valence-electron chi connectivity index (χ0n) is 7.10. The van der Waals surface area contributed by atoms with E-state index in [-0.39, 0.29) is 4.90 Å². The maximum Gasteiger partial charge on any atom is 0.257 e. The van der Waals surface area contributed by atoms with Gasteiger partial charge in [-0.1, -0.05) is 12.1 Å². The van der Waals surface area contributed by atoms with Gasteiger partial charge in [0.25, 0.3) is 5.91 Å². The largest absolute Gasteiger partial charge is 0.323 e. The van der Waals surface area contributed by atoms with Crippen molar-refractivity contribution in [2.45, 2.75) is 10.3 Å². The smallest absolute Gasteiger partial charge is 0.257 e. The van der Waals surface area contributed by atoms with Gasteiger partial charge in [0, 0.05) is 0 Å². The zero-order valence-corrected chi connectivity index (χ0v) is 7.91. The van der Waals surface area contributed by atoms with Crippen LogP contribution in [0.3, 0.4) is 0 Å². The lowest BCUT2D eigenvalue weighted by molar-refractivity contribution is -0.115. The van der Waals surface area contributed by atoms with Crippen LogP contribution in [0.5, 0.6) is 0 Å². The standard InChI is InChI=1S/C8H8N2O3S/c9-7-8(11)10-5-3-1-2-4-6(5)14(7,12)13/h1-4,7H,9H2,(H,10,11).